The second-order valence-electron chi connectivity index (χ2n) is 10.9. The fourth-order valence-corrected chi connectivity index (χ4v) is 5.84. The Bertz CT molecular complexity index is 1280. The van der Waals surface area contributed by atoms with Gasteiger partial charge in [-0.15, -0.1) is 0 Å². The fraction of sp³-hybridized carbons (Fsp3) is 0.471. The maximum absolute atomic E-state index is 14.4. The van der Waals surface area contributed by atoms with Crippen LogP contribution in [0.3, 0.4) is 0 Å². The van der Waals surface area contributed by atoms with E-state index in [0.29, 0.717) is 29.3 Å². The molecule has 4 rings (SSSR count). The molecule has 1 saturated carbocycles. The highest BCUT2D eigenvalue weighted by Gasteiger charge is 2.36. The molecule has 1 heterocycles. The summed E-state index contributed by atoms with van der Waals surface area (Å²) in [7, 11) is 3.19. The zero-order valence-corrected chi connectivity index (χ0v) is 25.5. The number of benzene rings is 2. The van der Waals surface area contributed by atoms with E-state index in [9.17, 15) is 9.59 Å². The Morgan fingerprint density at radius 3 is 2.33 bits per heavy atom. The minimum Gasteiger partial charge on any atom is -0.497 e. The van der Waals surface area contributed by atoms with Crippen molar-refractivity contribution in [3.05, 3.63) is 71.9 Å². The molecule has 0 spiro atoms. The van der Waals surface area contributed by atoms with Crippen molar-refractivity contribution in [1.82, 2.24) is 20.1 Å². The van der Waals surface area contributed by atoms with Crippen molar-refractivity contribution in [2.75, 3.05) is 40.4 Å². The molecule has 1 aromatic heterocycles. The van der Waals surface area contributed by atoms with E-state index in [2.05, 4.69) is 29.0 Å². The van der Waals surface area contributed by atoms with Crippen LogP contribution in [0.5, 0.6) is 11.5 Å². The Hall–Kier alpha value is -3.78. The monoisotopic (exact) mass is 574 g/mol. The maximum Gasteiger partial charge on any atom is 0.271 e. The minimum absolute atomic E-state index is 0.0909. The fourth-order valence-electron chi connectivity index (χ4n) is 5.84. The molecule has 0 saturated heterocycles. The second kappa shape index (κ2) is 15.4. The summed E-state index contributed by atoms with van der Waals surface area (Å²) >= 11 is 0. The summed E-state index contributed by atoms with van der Waals surface area (Å²) in [4.78, 5) is 36.0. The van der Waals surface area contributed by atoms with E-state index < -0.39 is 6.04 Å². The first-order valence-corrected chi connectivity index (χ1v) is 15.3. The first kappa shape index (κ1) is 31.2. The molecular formula is C34H46N4O4. The smallest absolute Gasteiger partial charge is 0.271 e. The van der Waals surface area contributed by atoms with Gasteiger partial charge in [0.15, 0.2) is 0 Å². The largest absolute Gasteiger partial charge is 0.497 e. The SMILES string of the molecule is CCN(CC)CCCN(C(=O)c1ccc(-c2ccccc2)[nH]1)C(C(=O)NC1CCCCC1)c1cc(OC)ccc1OC. The van der Waals surface area contributed by atoms with Crippen molar-refractivity contribution in [1.29, 1.82) is 0 Å². The third-order valence-electron chi connectivity index (χ3n) is 8.27. The highest BCUT2D eigenvalue weighted by atomic mass is 16.5. The molecule has 226 valence electrons. The summed E-state index contributed by atoms with van der Waals surface area (Å²) in [5, 5.41) is 3.30. The van der Waals surface area contributed by atoms with Gasteiger partial charge >= 0.3 is 0 Å². The van der Waals surface area contributed by atoms with Crippen LogP contribution < -0.4 is 14.8 Å². The van der Waals surface area contributed by atoms with Crippen LogP contribution >= 0.6 is 0 Å². The van der Waals surface area contributed by atoms with Gasteiger partial charge < -0.3 is 29.6 Å². The van der Waals surface area contributed by atoms with Crippen molar-refractivity contribution in [2.45, 2.75) is 64.5 Å². The Labute approximate surface area is 250 Å². The normalized spacial score (nSPS) is 14.4. The number of carbonyl (C=O) groups is 2. The molecule has 1 fully saturated rings. The molecule has 1 aliphatic carbocycles. The Morgan fingerprint density at radius 1 is 0.929 bits per heavy atom. The van der Waals surface area contributed by atoms with Crippen molar-refractivity contribution < 1.29 is 19.1 Å². The minimum atomic E-state index is -0.898. The van der Waals surface area contributed by atoms with Gasteiger partial charge in [-0.1, -0.05) is 63.4 Å². The van der Waals surface area contributed by atoms with Crippen molar-refractivity contribution in [3.8, 4) is 22.8 Å². The van der Waals surface area contributed by atoms with Crippen LogP contribution in [-0.2, 0) is 4.79 Å². The number of methoxy groups -OCH3 is 2. The van der Waals surface area contributed by atoms with Crippen LogP contribution in [-0.4, -0.2) is 73.0 Å². The molecule has 2 aromatic carbocycles. The Morgan fingerprint density at radius 2 is 1.67 bits per heavy atom. The lowest BCUT2D eigenvalue weighted by Gasteiger charge is -2.34. The van der Waals surface area contributed by atoms with Crippen LogP contribution in [0.15, 0.2) is 60.7 Å². The van der Waals surface area contributed by atoms with Gasteiger partial charge in [-0.25, -0.2) is 0 Å². The lowest BCUT2D eigenvalue weighted by Crippen LogP contribution is -2.48. The van der Waals surface area contributed by atoms with Gasteiger partial charge in [0, 0.05) is 23.8 Å². The highest BCUT2D eigenvalue weighted by Crippen LogP contribution is 2.35. The molecule has 8 nitrogen and oxygen atoms in total. The van der Waals surface area contributed by atoms with Crippen molar-refractivity contribution in [2.24, 2.45) is 0 Å². The lowest BCUT2D eigenvalue weighted by molar-refractivity contribution is -0.127. The predicted octanol–water partition coefficient (Wildman–Crippen LogP) is 6.06. The summed E-state index contributed by atoms with van der Waals surface area (Å²) in [6, 6.07) is 18.3. The zero-order chi connectivity index (χ0) is 29.9. The number of hydrogen-bond donors (Lipinski definition) is 2. The van der Waals surface area contributed by atoms with Crippen molar-refractivity contribution in [3.63, 3.8) is 0 Å². The number of carbonyl (C=O) groups excluding carboxylic acids is 2. The molecule has 0 radical (unpaired) electrons. The number of rotatable bonds is 14. The number of aromatic amines is 1. The molecule has 2 amide bonds. The number of hydrogen-bond acceptors (Lipinski definition) is 5. The van der Waals surface area contributed by atoms with Gasteiger partial charge in [-0.05, 0) is 74.8 Å². The molecule has 1 unspecified atom stereocenters. The first-order chi connectivity index (χ1) is 20.5. The summed E-state index contributed by atoms with van der Waals surface area (Å²) < 4.78 is 11.3. The molecule has 2 N–H and O–H groups in total. The van der Waals surface area contributed by atoms with Gasteiger partial charge in [0.05, 0.1) is 14.2 Å². The average molecular weight is 575 g/mol. The number of nitrogens with zero attached hydrogens (tertiary/aromatic N) is 2. The predicted molar refractivity (Wildman–Crippen MR) is 167 cm³/mol. The Balaban J connectivity index is 1.75. The average Bonchev–Trinajstić information content (AvgIpc) is 3.53. The first-order valence-electron chi connectivity index (χ1n) is 15.3. The van der Waals surface area contributed by atoms with Gasteiger partial charge in [0.1, 0.15) is 23.2 Å². The van der Waals surface area contributed by atoms with E-state index in [1.54, 1.807) is 31.3 Å². The number of H-pyrrole nitrogens is 1. The molecular weight excluding hydrogens is 528 g/mol. The van der Waals surface area contributed by atoms with Crippen molar-refractivity contribution >= 4 is 11.8 Å². The van der Waals surface area contributed by atoms with Crippen LogP contribution in [0.1, 0.15) is 74.5 Å². The van der Waals surface area contributed by atoms with Crippen LogP contribution in [0, 0.1) is 0 Å². The molecule has 3 aromatic rings. The highest BCUT2D eigenvalue weighted by molar-refractivity contribution is 5.97. The van der Waals surface area contributed by atoms with E-state index in [1.165, 1.54) is 6.42 Å². The number of aromatic nitrogens is 1. The summed E-state index contributed by atoms with van der Waals surface area (Å²) in [6.07, 6.45) is 5.98. The number of nitrogens with one attached hydrogen (secondary N) is 2. The second-order valence-corrected chi connectivity index (χ2v) is 10.9. The summed E-state index contributed by atoms with van der Waals surface area (Å²) in [6.45, 7) is 7.35. The molecule has 8 heteroatoms. The standard InChI is InChI=1S/C34H46N4O4/c1-5-37(6-2)22-13-23-38(34(40)30-20-19-29(36-30)25-14-9-7-10-15-25)32(33(39)35-26-16-11-8-12-17-26)28-24-27(41-3)18-21-31(28)42-4/h7,9-10,14-15,18-21,24,26,32,36H,5-6,8,11-13,16-17,22-23H2,1-4H3,(H,35,39). The van der Waals surface area contributed by atoms with Gasteiger partial charge in [0.2, 0.25) is 5.91 Å². The molecule has 0 aliphatic heterocycles. The quantitative estimate of drug-likeness (QED) is 0.244. The summed E-state index contributed by atoms with van der Waals surface area (Å²) in [5.74, 6) is 0.713. The van der Waals surface area contributed by atoms with Gasteiger partial charge in [-0.2, -0.15) is 0 Å². The number of ether oxygens (including phenoxy) is 2. The zero-order valence-electron chi connectivity index (χ0n) is 25.5. The third kappa shape index (κ3) is 7.73. The van der Waals surface area contributed by atoms with E-state index in [-0.39, 0.29) is 17.9 Å². The lowest BCUT2D eigenvalue weighted by atomic mass is 9.94. The van der Waals surface area contributed by atoms with Gasteiger partial charge in [-0.3, -0.25) is 9.59 Å². The van der Waals surface area contributed by atoms with E-state index in [0.717, 1.165) is 63.0 Å². The van der Waals surface area contributed by atoms with Crippen LogP contribution in [0.25, 0.3) is 11.3 Å². The third-order valence-corrected chi connectivity index (χ3v) is 8.27. The van der Waals surface area contributed by atoms with E-state index in [1.807, 2.05) is 48.5 Å². The number of amides is 2. The maximum atomic E-state index is 14.4. The molecule has 1 aliphatic rings. The summed E-state index contributed by atoms with van der Waals surface area (Å²) in [5.41, 5.74) is 2.89. The molecule has 1 atom stereocenters. The topological polar surface area (TPSA) is 86.9 Å². The van der Waals surface area contributed by atoms with E-state index in [4.69, 9.17) is 9.47 Å². The molecule has 42 heavy (non-hydrogen) atoms. The van der Waals surface area contributed by atoms with Gasteiger partial charge in [0.25, 0.3) is 5.91 Å². The van der Waals surface area contributed by atoms with E-state index >= 15 is 0 Å². The van der Waals surface area contributed by atoms with Crippen LogP contribution in [0.4, 0.5) is 0 Å². The molecule has 0 bridgehead atoms. The Kier molecular flexibility index (Phi) is 11.5. The van der Waals surface area contributed by atoms with Crippen LogP contribution in [0.2, 0.25) is 0 Å².